The first-order valence-electron chi connectivity index (χ1n) is 5.64. The lowest BCUT2D eigenvalue weighted by Crippen LogP contribution is -2.24. The van der Waals surface area contributed by atoms with Crippen molar-refractivity contribution in [2.75, 3.05) is 5.73 Å². The molecule has 0 aliphatic rings. The number of hydrogen-bond donors (Lipinski definition) is 2. The van der Waals surface area contributed by atoms with E-state index in [-0.39, 0.29) is 23.7 Å². The van der Waals surface area contributed by atoms with Gasteiger partial charge in [0.15, 0.2) is 0 Å². The van der Waals surface area contributed by atoms with Crippen LogP contribution in [0.2, 0.25) is 5.02 Å². The van der Waals surface area contributed by atoms with E-state index in [2.05, 4.69) is 5.32 Å². The third kappa shape index (κ3) is 3.23. The van der Waals surface area contributed by atoms with Crippen molar-refractivity contribution in [3.05, 3.63) is 64.4 Å². The fraction of sp³-hybridized carbons (Fsp3) is 0.0714. The molecule has 0 atom stereocenters. The highest BCUT2D eigenvalue weighted by Crippen LogP contribution is 2.16. The SMILES string of the molecule is Nc1cc(F)ccc1C(=O)NCc1ccccc1Cl. The number of rotatable bonds is 3. The standard InChI is InChI=1S/C14H12ClFN2O/c15-12-4-2-1-3-9(12)8-18-14(19)11-6-5-10(16)7-13(11)17/h1-7H,8,17H2,(H,18,19). The Hall–Kier alpha value is -2.07. The van der Waals surface area contributed by atoms with Crippen molar-refractivity contribution in [3.63, 3.8) is 0 Å². The number of amides is 1. The molecule has 0 radical (unpaired) electrons. The number of nitrogen functional groups attached to an aromatic ring is 1. The van der Waals surface area contributed by atoms with Crippen LogP contribution in [0.15, 0.2) is 42.5 Å². The van der Waals surface area contributed by atoms with Crippen molar-refractivity contribution in [3.8, 4) is 0 Å². The van der Waals surface area contributed by atoms with E-state index >= 15 is 0 Å². The quantitative estimate of drug-likeness (QED) is 0.848. The van der Waals surface area contributed by atoms with E-state index in [4.69, 9.17) is 17.3 Å². The molecular weight excluding hydrogens is 267 g/mol. The van der Waals surface area contributed by atoms with Crippen molar-refractivity contribution in [2.45, 2.75) is 6.54 Å². The molecule has 3 nitrogen and oxygen atoms in total. The number of nitrogens with one attached hydrogen (secondary N) is 1. The smallest absolute Gasteiger partial charge is 0.253 e. The molecule has 0 aliphatic heterocycles. The number of nitrogens with two attached hydrogens (primary N) is 1. The first-order chi connectivity index (χ1) is 9.08. The van der Waals surface area contributed by atoms with Gasteiger partial charge in [0.2, 0.25) is 0 Å². The highest BCUT2D eigenvalue weighted by atomic mass is 35.5. The first-order valence-corrected chi connectivity index (χ1v) is 6.02. The van der Waals surface area contributed by atoms with Crippen LogP contribution in [0.5, 0.6) is 0 Å². The average Bonchev–Trinajstić information content (AvgIpc) is 2.37. The normalized spacial score (nSPS) is 10.2. The van der Waals surface area contributed by atoms with Gasteiger partial charge in [-0.3, -0.25) is 4.79 Å². The minimum atomic E-state index is -0.472. The number of anilines is 1. The Balaban J connectivity index is 2.08. The van der Waals surface area contributed by atoms with Gasteiger partial charge in [-0.2, -0.15) is 0 Å². The highest BCUT2D eigenvalue weighted by molar-refractivity contribution is 6.31. The highest BCUT2D eigenvalue weighted by Gasteiger charge is 2.10. The Morgan fingerprint density at radius 2 is 2.00 bits per heavy atom. The maximum Gasteiger partial charge on any atom is 0.253 e. The fourth-order valence-corrected chi connectivity index (χ4v) is 1.86. The van der Waals surface area contributed by atoms with Crippen LogP contribution in [-0.2, 0) is 6.54 Å². The number of carbonyl (C=O) groups is 1. The van der Waals surface area contributed by atoms with Gasteiger partial charge in [0.1, 0.15) is 5.82 Å². The van der Waals surface area contributed by atoms with E-state index < -0.39 is 5.82 Å². The van der Waals surface area contributed by atoms with Gasteiger partial charge in [-0.25, -0.2) is 4.39 Å². The minimum absolute atomic E-state index is 0.108. The lowest BCUT2D eigenvalue weighted by molar-refractivity contribution is 0.0952. The molecule has 0 bridgehead atoms. The summed E-state index contributed by atoms with van der Waals surface area (Å²) in [4.78, 5) is 11.9. The maximum atomic E-state index is 12.9. The molecule has 0 unspecified atom stereocenters. The second-order valence-corrected chi connectivity index (χ2v) is 4.41. The summed E-state index contributed by atoms with van der Waals surface area (Å²) in [7, 11) is 0. The molecule has 0 aliphatic carbocycles. The van der Waals surface area contributed by atoms with E-state index in [1.165, 1.54) is 12.1 Å². The predicted molar refractivity (Wildman–Crippen MR) is 73.4 cm³/mol. The second kappa shape index (κ2) is 5.71. The van der Waals surface area contributed by atoms with Gasteiger partial charge in [-0.1, -0.05) is 29.8 Å². The van der Waals surface area contributed by atoms with Gasteiger partial charge in [-0.05, 0) is 29.8 Å². The summed E-state index contributed by atoms with van der Waals surface area (Å²) in [6.45, 7) is 0.287. The number of hydrogen-bond acceptors (Lipinski definition) is 2. The van der Waals surface area contributed by atoms with Crippen LogP contribution in [0.25, 0.3) is 0 Å². The van der Waals surface area contributed by atoms with Crippen LogP contribution in [-0.4, -0.2) is 5.91 Å². The molecule has 0 spiro atoms. The Morgan fingerprint density at radius 3 is 2.68 bits per heavy atom. The molecule has 98 valence electrons. The second-order valence-electron chi connectivity index (χ2n) is 4.01. The van der Waals surface area contributed by atoms with Crippen molar-refractivity contribution in [1.29, 1.82) is 0 Å². The molecule has 19 heavy (non-hydrogen) atoms. The molecule has 0 heterocycles. The van der Waals surface area contributed by atoms with E-state index in [1.807, 2.05) is 18.2 Å². The molecule has 0 saturated carbocycles. The number of benzene rings is 2. The minimum Gasteiger partial charge on any atom is -0.398 e. The summed E-state index contributed by atoms with van der Waals surface area (Å²) in [5.41, 5.74) is 6.75. The predicted octanol–water partition coefficient (Wildman–Crippen LogP) is 2.99. The Kier molecular flexibility index (Phi) is 4.02. The summed E-state index contributed by atoms with van der Waals surface area (Å²) >= 11 is 5.98. The number of halogens is 2. The lowest BCUT2D eigenvalue weighted by atomic mass is 10.1. The van der Waals surface area contributed by atoms with E-state index in [9.17, 15) is 9.18 Å². The lowest BCUT2D eigenvalue weighted by Gasteiger charge is -2.08. The molecule has 1 amide bonds. The van der Waals surface area contributed by atoms with Crippen LogP contribution in [0.1, 0.15) is 15.9 Å². The van der Waals surface area contributed by atoms with Gasteiger partial charge in [0.25, 0.3) is 5.91 Å². The summed E-state index contributed by atoms with van der Waals surface area (Å²) in [6, 6.07) is 10.9. The van der Waals surface area contributed by atoms with E-state index in [1.54, 1.807) is 6.07 Å². The zero-order valence-corrected chi connectivity index (χ0v) is 10.7. The van der Waals surface area contributed by atoms with Gasteiger partial charge in [0.05, 0.1) is 5.56 Å². The molecule has 3 N–H and O–H groups in total. The largest absolute Gasteiger partial charge is 0.398 e. The van der Waals surface area contributed by atoms with Crippen molar-refractivity contribution < 1.29 is 9.18 Å². The molecule has 5 heteroatoms. The zero-order chi connectivity index (χ0) is 13.8. The molecule has 2 aromatic rings. The third-order valence-corrected chi connectivity index (χ3v) is 3.02. The average molecular weight is 279 g/mol. The van der Waals surface area contributed by atoms with Crippen LogP contribution < -0.4 is 11.1 Å². The van der Waals surface area contributed by atoms with E-state index in [0.29, 0.717) is 5.02 Å². The van der Waals surface area contributed by atoms with Crippen molar-refractivity contribution in [1.82, 2.24) is 5.32 Å². The molecule has 0 saturated heterocycles. The Labute approximate surface area is 115 Å². The fourth-order valence-electron chi connectivity index (χ4n) is 1.65. The molecule has 2 aromatic carbocycles. The number of carbonyl (C=O) groups excluding carboxylic acids is 1. The molecule has 2 rings (SSSR count). The third-order valence-electron chi connectivity index (χ3n) is 2.66. The van der Waals surface area contributed by atoms with Crippen LogP contribution in [0.3, 0.4) is 0 Å². The van der Waals surface area contributed by atoms with Gasteiger partial charge >= 0.3 is 0 Å². The molecular formula is C14H12ClFN2O. The van der Waals surface area contributed by atoms with E-state index in [0.717, 1.165) is 11.6 Å². The summed E-state index contributed by atoms with van der Waals surface area (Å²) in [5.74, 6) is -0.836. The Morgan fingerprint density at radius 1 is 1.26 bits per heavy atom. The van der Waals surface area contributed by atoms with Crippen LogP contribution in [0.4, 0.5) is 10.1 Å². The van der Waals surface area contributed by atoms with Gasteiger partial charge in [-0.15, -0.1) is 0 Å². The van der Waals surface area contributed by atoms with Crippen LogP contribution >= 0.6 is 11.6 Å². The van der Waals surface area contributed by atoms with Gasteiger partial charge < -0.3 is 11.1 Å². The zero-order valence-electron chi connectivity index (χ0n) is 9.99. The van der Waals surface area contributed by atoms with Crippen molar-refractivity contribution >= 4 is 23.2 Å². The summed E-state index contributed by atoms with van der Waals surface area (Å²) < 4.78 is 12.9. The summed E-state index contributed by atoms with van der Waals surface area (Å²) in [6.07, 6.45) is 0. The van der Waals surface area contributed by atoms with Gasteiger partial charge in [0, 0.05) is 17.3 Å². The summed E-state index contributed by atoms with van der Waals surface area (Å²) in [5, 5.41) is 3.27. The maximum absolute atomic E-state index is 12.9. The van der Waals surface area contributed by atoms with Crippen molar-refractivity contribution in [2.24, 2.45) is 0 Å². The first kappa shape index (κ1) is 13.4. The Bertz CT molecular complexity index is 616. The molecule has 0 fully saturated rings. The molecule has 0 aromatic heterocycles. The topological polar surface area (TPSA) is 55.1 Å². The van der Waals surface area contributed by atoms with Crippen LogP contribution in [0, 0.1) is 5.82 Å². The monoisotopic (exact) mass is 278 g/mol.